The fraction of sp³-hybridized carbons (Fsp3) is 0.286. The molecule has 3 rings (SSSR count). The van der Waals surface area contributed by atoms with Crippen molar-refractivity contribution >= 4 is 38.7 Å². The van der Waals surface area contributed by atoms with E-state index in [-0.39, 0.29) is 6.10 Å². The highest BCUT2D eigenvalue weighted by Gasteiger charge is 2.13. The molecule has 104 valence electrons. The molecule has 1 unspecified atom stereocenters. The molecule has 0 bridgehead atoms. The van der Waals surface area contributed by atoms with Crippen molar-refractivity contribution in [3.05, 3.63) is 39.7 Å². The largest absolute Gasteiger partial charge is 0.374 e. The molecule has 1 atom stereocenters. The van der Waals surface area contributed by atoms with Gasteiger partial charge >= 0.3 is 0 Å². The van der Waals surface area contributed by atoms with E-state index in [1.54, 1.807) is 36.1 Å². The van der Waals surface area contributed by atoms with E-state index in [0.717, 1.165) is 16.0 Å². The third-order valence-corrected chi connectivity index (χ3v) is 5.06. The fourth-order valence-electron chi connectivity index (χ4n) is 2.03. The van der Waals surface area contributed by atoms with Gasteiger partial charge in [-0.15, -0.1) is 22.7 Å². The van der Waals surface area contributed by atoms with Crippen molar-refractivity contribution in [2.24, 2.45) is 0 Å². The summed E-state index contributed by atoms with van der Waals surface area (Å²) >= 11 is 3.41. The maximum absolute atomic E-state index is 5.57. The van der Waals surface area contributed by atoms with Crippen molar-refractivity contribution in [1.29, 1.82) is 0 Å². The van der Waals surface area contributed by atoms with Gasteiger partial charge in [-0.2, -0.15) is 0 Å². The maximum atomic E-state index is 5.57. The second-order valence-electron chi connectivity index (χ2n) is 4.41. The van der Waals surface area contributed by atoms with Crippen molar-refractivity contribution < 1.29 is 4.74 Å². The SMILES string of the molecule is COC(CNc1ncnc2ccsc12)c1ccc(C)s1. The molecule has 3 aromatic rings. The highest BCUT2D eigenvalue weighted by molar-refractivity contribution is 7.17. The smallest absolute Gasteiger partial charge is 0.147 e. The lowest BCUT2D eigenvalue weighted by Gasteiger charge is -2.15. The highest BCUT2D eigenvalue weighted by Crippen LogP contribution is 2.28. The van der Waals surface area contributed by atoms with Crippen LogP contribution in [0.15, 0.2) is 29.9 Å². The van der Waals surface area contributed by atoms with Gasteiger partial charge in [-0.05, 0) is 30.5 Å². The zero-order chi connectivity index (χ0) is 13.9. The van der Waals surface area contributed by atoms with Gasteiger partial charge in [0.25, 0.3) is 0 Å². The monoisotopic (exact) mass is 305 g/mol. The van der Waals surface area contributed by atoms with Crippen molar-refractivity contribution in [2.75, 3.05) is 19.0 Å². The van der Waals surface area contributed by atoms with Gasteiger partial charge < -0.3 is 10.1 Å². The van der Waals surface area contributed by atoms with Crippen LogP contribution in [-0.4, -0.2) is 23.6 Å². The van der Waals surface area contributed by atoms with Crippen LogP contribution in [0.5, 0.6) is 0 Å². The molecule has 0 amide bonds. The number of fused-ring (bicyclic) bond motifs is 1. The molecule has 0 aliphatic carbocycles. The summed E-state index contributed by atoms with van der Waals surface area (Å²) in [5.41, 5.74) is 0.980. The van der Waals surface area contributed by atoms with Gasteiger partial charge in [0.05, 0.1) is 10.2 Å². The second kappa shape index (κ2) is 5.87. The van der Waals surface area contributed by atoms with Gasteiger partial charge in [-0.1, -0.05) is 0 Å². The number of nitrogens with zero attached hydrogens (tertiary/aromatic N) is 2. The Labute approximate surface area is 125 Å². The first-order valence-corrected chi connectivity index (χ1v) is 7.98. The van der Waals surface area contributed by atoms with Gasteiger partial charge in [-0.3, -0.25) is 0 Å². The lowest BCUT2D eigenvalue weighted by Crippen LogP contribution is -2.14. The van der Waals surface area contributed by atoms with Crippen LogP contribution < -0.4 is 5.32 Å². The summed E-state index contributed by atoms with van der Waals surface area (Å²) in [6.07, 6.45) is 1.63. The normalized spacial score (nSPS) is 12.7. The number of methoxy groups -OCH3 is 1. The first-order valence-electron chi connectivity index (χ1n) is 6.29. The minimum absolute atomic E-state index is 0.0404. The average Bonchev–Trinajstić information content (AvgIpc) is 3.08. The van der Waals surface area contributed by atoms with Crippen molar-refractivity contribution in [1.82, 2.24) is 9.97 Å². The van der Waals surface area contributed by atoms with Crippen LogP contribution >= 0.6 is 22.7 Å². The van der Waals surface area contributed by atoms with E-state index < -0.39 is 0 Å². The van der Waals surface area contributed by atoms with Crippen LogP contribution in [0.3, 0.4) is 0 Å². The Kier molecular flexibility index (Phi) is 3.95. The number of thiophene rings is 2. The molecule has 1 N–H and O–H groups in total. The third kappa shape index (κ3) is 2.67. The van der Waals surface area contributed by atoms with E-state index >= 15 is 0 Å². The molecule has 0 saturated heterocycles. The van der Waals surface area contributed by atoms with E-state index in [0.29, 0.717) is 6.54 Å². The van der Waals surface area contributed by atoms with Crippen LogP contribution in [0.25, 0.3) is 10.2 Å². The quantitative estimate of drug-likeness (QED) is 0.777. The number of hydrogen-bond donors (Lipinski definition) is 1. The Balaban J connectivity index is 1.76. The second-order valence-corrected chi connectivity index (χ2v) is 6.65. The number of anilines is 1. The molecule has 4 nitrogen and oxygen atoms in total. The maximum Gasteiger partial charge on any atom is 0.147 e. The number of hydrogen-bond acceptors (Lipinski definition) is 6. The summed E-state index contributed by atoms with van der Waals surface area (Å²) < 4.78 is 6.66. The summed E-state index contributed by atoms with van der Waals surface area (Å²) in [5, 5.41) is 5.40. The van der Waals surface area contributed by atoms with Crippen LogP contribution in [0.2, 0.25) is 0 Å². The molecule has 6 heteroatoms. The van der Waals surface area contributed by atoms with Gasteiger partial charge in [0.1, 0.15) is 18.2 Å². The standard InChI is InChI=1S/C14H15N3OS2/c1-9-3-4-12(20-9)11(18-2)7-15-14-13-10(5-6-19-13)16-8-17-14/h3-6,8,11H,7H2,1-2H3,(H,15,16,17). The average molecular weight is 305 g/mol. The van der Waals surface area contributed by atoms with E-state index in [1.807, 2.05) is 11.4 Å². The molecule has 0 fully saturated rings. The Morgan fingerprint density at radius 1 is 1.30 bits per heavy atom. The number of nitrogens with one attached hydrogen (secondary N) is 1. The summed E-state index contributed by atoms with van der Waals surface area (Å²) in [7, 11) is 1.74. The van der Waals surface area contributed by atoms with E-state index in [4.69, 9.17) is 4.74 Å². The molecule has 0 radical (unpaired) electrons. The van der Waals surface area contributed by atoms with Gasteiger partial charge in [0.15, 0.2) is 0 Å². The Hall–Kier alpha value is -1.50. The van der Waals surface area contributed by atoms with Crippen LogP contribution in [0.1, 0.15) is 15.9 Å². The Bertz CT molecular complexity index is 707. The Morgan fingerprint density at radius 2 is 2.20 bits per heavy atom. The van der Waals surface area contributed by atoms with Crippen molar-refractivity contribution in [3.63, 3.8) is 0 Å². The zero-order valence-electron chi connectivity index (χ0n) is 11.3. The summed E-state index contributed by atoms with van der Waals surface area (Å²) in [6, 6.07) is 6.24. The first-order chi connectivity index (χ1) is 9.78. The van der Waals surface area contributed by atoms with Gasteiger partial charge in [0, 0.05) is 23.4 Å². The summed E-state index contributed by atoms with van der Waals surface area (Å²) in [6.45, 7) is 2.80. The van der Waals surface area contributed by atoms with Crippen molar-refractivity contribution in [3.8, 4) is 0 Å². The molecule has 20 heavy (non-hydrogen) atoms. The summed E-state index contributed by atoms with van der Waals surface area (Å²) in [4.78, 5) is 11.1. The lowest BCUT2D eigenvalue weighted by molar-refractivity contribution is 0.117. The lowest BCUT2D eigenvalue weighted by atomic mass is 10.3. The van der Waals surface area contributed by atoms with Crippen LogP contribution in [0, 0.1) is 6.92 Å². The van der Waals surface area contributed by atoms with Gasteiger partial charge in [-0.25, -0.2) is 9.97 Å². The highest BCUT2D eigenvalue weighted by atomic mass is 32.1. The van der Waals surface area contributed by atoms with E-state index in [9.17, 15) is 0 Å². The third-order valence-electron chi connectivity index (χ3n) is 3.06. The van der Waals surface area contributed by atoms with E-state index in [1.165, 1.54) is 9.75 Å². The number of rotatable bonds is 5. The molecule has 0 spiro atoms. The number of ether oxygens (including phenoxy) is 1. The van der Waals surface area contributed by atoms with Crippen molar-refractivity contribution in [2.45, 2.75) is 13.0 Å². The predicted octanol–water partition coefficient (Wildman–Crippen LogP) is 3.86. The minimum atomic E-state index is 0.0404. The molecular formula is C14H15N3OS2. The first kappa shape index (κ1) is 13.5. The fourth-order valence-corrected chi connectivity index (χ4v) is 3.80. The molecular weight excluding hydrogens is 290 g/mol. The molecule has 0 aromatic carbocycles. The topological polar surface area (TPSA) is 47.0 Å². The zero-order valence-corrected chi connectivity index (χ0v) is 12.9. The molecule has 3 heterocycles. The van der Waals surface area contributed by atoms with Gasteiger partial charge in [0.2, 0.25) is 0 Å². The molecule has 0 aliphatic rings. The number of aromatic nitrogens is 2. The minimum Gasteiger partial charge on any atom is -0.374 e. The van der Waals surface area contributed by atoms with E-state index in [2.05, 4.69) is 34.3 Å². The molecule has 0 aliphatic heterocycles. The predicted molar refractivity (Wildman–Crippen MR) is 84.7 cm³/mol. The Morgan fingerprint density at radius 3 is 2.95 bits per heavy atom. The van der Waals surface area contributed by atoms with Crippen LogP contribution in [0.4, 0.5) is 5.82 Å². The van der Waals surface area contributed by atoms with Crippen LogP contribution in [-0.2, 0) is 4.74 Å². The number of aryl methyl sites for hydroxylation is 1. The molecule has 3 aromatic heterocycles. The summed E-state index contributed by atoms with van der Waals surface area (Å²) in [5.74, 6) is 0.875. The molecule has 0 saturated carbocycles.